The van der Waals surface area contributed by atoms with Crippen molar-refractivity contribution < 1.29 is 24.9 Å². The average Bonchev–Trinajstić information content (AvgIpc) is 3.33. The molecule has 4 fully saturated rings. The molecule has 0 aliphatic heterocycles. The molecule has 1 aromatic carbocycles. The minimum absolute atomic E-state index is 0.0293. The number of carboxylic acid groups (broad SMARTS) is 2. The van der Waals surface area contributed by atoms with Crippen LogP contribution in [0.2, 0.25) is 0 Å². The molecule has 5 heteroatoms. The van der Waals surface area contributed by atoms with E-state index in [1.807, 2.05) is 12.1 Å². The van der Waals surface area contributed by atoms with E-state index in [1.54, 1.807) is 12.1 Å². The van der Waals surface area contributed by atoms with Gasteiger partial charge in [0, 0.05) is 5.41 Å². The number of hydrogen-bond acceptors (Lipinski definition) is 3. The van der Waals surface area contributed by atoms with E-state index in [0.29, 0.717) is 23.7 Å². The second kappa shape index (κ2) is 9.43. The van der Waals surface area contributed by atoms with Gasteiger partial charge in [-0.25, -0.2) is 4.79 Å². The maximum absolute atomic E-state index is 13.0. The van der Waals surface area contributed by atoms with Crippen LogP contribution in [0.25, 0.3) is 5.57 Å². The lowest BCUT2D eigenvalue weighted by atomic mass is 9.32. The molecule has 4 saturated carbocycles. The summed E-state index contributed by atoms with van der Waals surface area (Å²) in [5.74, 6) is 0.760. The maximum Gasteiger partial charge on any atom is 0.335 e. The van der Waals surface area contributed by atoms with Crippen molar-refractivity contribution in [2.24, 2.45) is 62.6 Å². The van der Waals surface area contributed by atoms with Gasteiger partial charge in [0.05, 0.1) is 17.1 Å². The molecule has 5 aliphatic rings. The van der Waals surface area contributed by atoms with Crippen molar-refractivity contribution >= 4 is 17.5 Å². The maximum atomic E-state index is 13.0. The number of benzene rings is 1. The van der Waals surface area contributed by atoms with Crippen molar-refractivity contribution in [1.82, 2.24) is 0 Å². The minimum atomic E-state index is -0.928. The van der Waals surface area contributed by atoms with Crippen molar-refractivity contribution in [2.45, 2.75) is 106 Å². The van der Waals surface area contributed by atoms with Crippen LogP contribution in [-0.4, -0.2) is 33.4 Å². The molecule has 0 spiro atoms. The quantitative estimate of drug-likeness (QED) is 0.336. The molecular weight excluding hydrogens is 524 g/mol. The Balaban J connectivity index is 1.40. The Morgan fingerprint density at radius 1 is 0.810 bits per heavy atom. The van der Waals surface area contributed by atoms with E-state index in [2.05, 4.69) is 54.5 Å². The van der Waals surface area contributed by atoms with E-state index < -0.39 is 23.5 Å². The molecule has 10 atom stereocenters. The van der Waals surface area contributed by atoms with E-state index in [9.17, 15) is 24.9 Å². The van der Waals surface area contributed by atoms with Crippen LogP contribution in [0.4, 0.5) is 0 Å². The number of aliphatic carboxylic acids is 1. The standard InChI is InChI=1S/C37H52O5/c1-21(2)24-14-17-37(32(41)42)19-18-34(5)25(30(24)37)12-13-28-35(34,6)16-15-27-33(3,4)26(20-29(38)36(27,28)7)22-8-10-23(11-9-22)31(39)40/h8-11,20-21,24-25,27-30,38H,12-19H2,1-7H3,(H,39,40)(H,41,42)/t24-,25+,27-,28-,29-,30+,34+,35+,36-,37-/m0/s1. The number of carboxylic acids is 2. The Labute approximate surface area is 252 Å². The number of allylic oxidation sites excluding steroid dienone is 1. The van der Waals surface area contributed by atoms with Crippen LogP contribution in [0.3, 0.4) is 0 Å². The van der Waals surface area contributed by atoms with E-state index >= 15 is 0 Å². The molecule has 3 N–H and O–H groups in total. The summed E-state index contributed by atoms with van der Waals surface area (Å²) >= 11 is 0. The molecule has 0 unspecified atom stereocenters. The Kier molecular flexibility index (Phi) is 6.71. The van der Waals surface area contributed by atoms with E-state index in [-0.39, 0.29) is 39.1 Å². The molecular formula is C37H52O5. The van der Waals surface area contributed by atoms with E-state index in [1.165, 1.54) is 0 Å². The van der Waals surface area contributed by atoms with Gasteiger partial charge in [-0.2, -0.15) is 0 Å². The predicted molar refractivity (Wildman–Crippen MR) is 165 cm³/mol. The van der Waals surface area contributed by atoms with Gasteiger partial charge in [0.1, 0.15) is 0 Å². The van der Waals surface area contributed by atoms with Gasteiger partial charge in [0.2, 0.25) is 0 Å². The minimum Gasteiger partial charge on any atom is -0.481 e. The van der Waals surface area contributed by atoms with Crippen LogP contribution in [0, 0.1) is 62.6 Å². The summed E-state index contributed by atoms with van der Waals surface area (Å²) < 4.78 is 0. The zero-order valence-electron chi connectivity index (χ0n) is 26.7. The molecule has 5 nitrogen and oxygen atoms in total. The molecule has 1 aromatic rings. The lowest BCUT2D eigenvalue weighted by molar-refractivity contribution is -0.244. The number of fused-ring (bicyclic) bond motifs is 7. The van der Waals surface area contributed by atoms with Crippen molar-refractivity contribution in [3.8, 4) is 0 Å². The number of rotatable bonds is 4. The number of aliphatic hydroxyl groups is 1. The van der Waals surface area contributed by atoms with Crippen molar-refractivity contribution in [3.05, 3.63) is 41.5 Å². The predicted octanol–water partition coefficient (Wildman–Crippen LogP) is 8.17. The van der Waals surface area contributed by atoms with Crippen molar-refractivity contribution in [1.29, 1.82) is 0 Å². The van der Waals surface area contributed by atoms with E-state index in [0.717, 1.165) is 62.5 Å². The summed E-state index contributed by atoms with van der Waals surface area (Å²) in [5, 5.41) is 32.2. The smallest absolute Gasteiger partial charge is 0.335 e. The molecule has 6 rings (SSSR count). The molecule has 42 heavy (non-hydrogen) atoms. The van der Waals surface area contributed by atoms with Crippen LogP contribution in [0.1, 0.15) is 116 Å². The molecule has 0 bridgehead atoms. The molecule has 0 heterocycles. The topological polar surface area (TPSA) is 94.8 Å². The van der Waals surface area contributed by atoms with Gasteiger partial charge < -0.3 is 15.3 Å². The fourth-order valence-corrected chi connectivity index (χ4v) is 12.6. The first-order valence-electron chi connectivity index (χ1n) is 16.5. The molecule has 0 aromatic heterocycles. The van der Waals surface area contributed by atoms with Gasteiger partial charge in [0.15, 0.2) is 0 Å². The fourth-order valence-electron chi connectivity index (χ4n) is 12.6. The lowest BCUT2D eigenvalue weighted by Crippen LogP contribution is -2.68. The molecule has 0 radical (unpaired) electrons. The van der Waals surface area contributed by atoms with Crippen LogP contribution < -0.4 is 0 Å². The third kappa shape index (κ3) is 3.64. The first-order chi connectivity index (χ1) is 19.6. The van der Waals surface area contributed by atoms with Gasteiger partial charge in [-0.1, -0.05) is 66.7 Å². The summed E-state index contributed by atoms with van der Waals surface area (Å²) in [6.07, 6.45) is 9.36. The number of carbonyl (C=O) groups is 2. The first kappa shape index (κ1) is 29.9. The summed E-state index contributed by atoms with van der Waals surface area (Å²) in [6.45, 7) is 16.6. The monoisotopic (exact) mass is 576 g/mol. The Hall–Kier alpha value is -2.14. The van der Waals surface area contributed by atoms with Gasteiger partial charge >= 0.3 is 11.9 Å². The third-order valence-corrected chi connectivity index (χ3v) is 14.9. The third-order valence-electron chi connectivity index (χ3n) is 14.9. The number of hydrogen-bond donors (Lipinski definition) is 3. The molecule has 0 saturated heterocycles. The Bertz CT molecular complexity index is 1310. The van der Waals surface area contributed by atoms with Crippen LogP contribution >= 0.6 is 0 Å². The average molecular weight is 577 g/mol. The van der Waals surface area contributed by atoms with Gasteiger partial charge in [-0.05, 0) is 126 Å². The SMILES string of the molecule is CC(C)[C@@H]1CC[C@]2(C(=O)O)CC[C@]3(C)[C@H](CC[C@@H]4[C@@]5(C)[C@@H](O)C=C(c6ccc(C(=O)O)cc6)C(C)(C)[C@@H]5CC[C@]43C)[C@@H]12. The summed E-state index contributed by atoms with van der Waals surface area (Å²) in [5.41, 5.74) is 1.43. The Morgan fingerprint density at radius 3 is 2.07 bits per heavy atom. The largest absolute Gasteiger partial charge is 0.481 e. The number of aliphatic hydroxyl groups excluding tert-OH is 1. The first-order valence-corrected chi connectivity index (χ1v) is 16.5. The van der Waals surface area contributed by atoms with Crippen LogP contribution in [0.5, 0.6) is 0 Å². The van der Waals surface area contributed by atoms with E-state index in [4.69, 9.17) is 0 Å². The van der Waals surface area contributed by atoms with Gasteiger partial charge in [-0.3, -0.25) is 4.79 Å². The lowest BCUT2D eigenvalue weighted by Gasteiger charge is -2.72. The number of aromatic carboxylic acids is 1. The Morgan fingerprint density at radius 2 is 1.48 bits per heavy atom. The summed E-state index contributed by atoms with van der Waals surface area (Å²) in [4.78, 5) is 24.4. The summed E-state index contributed by atoms with van der Waals surface area (Å²) in [6, 6.07) is 7.13. The van der Waals surface area contributed by atoms with Crippen LogP contribution in [0.15, 0.2) is 30.3 Å². The highest BCUT2D eigenvalue weighted by atomic mass is 16.4. The van der Waals surface area contributed by atoms with Crippen LogP contribution in [-0.2, 0) is 4.79 Å². The van der Waals surface area contributed by atoms with Crippen molar-refractivity contribution in [2.75, 3.05) is 0 Å². The highest BCUT2D eigenvalue weighted by molar-refractivity contribution is 5.88. The van der Waals surface area contributed by atoms with Gasteiger partial charge in [-0.15, -0.1) is 0 Å². The summed E-state index contributed by atoms with van der Waals surface area (Å²) in [7, 11) is 0. The second-order valence-corrected chi connectivity index (χ2v) is 16.6. The van der Waals surface area contributed by atoms with Gasteiger partial charge in [0.25, 0.3) is 0 Å². The zero-order valence-corrected chi connectivity index (χ0v) is 26.7. The molecule has 0 amide bonds. The van der Waals surface area contributed by atoms with Crippen molar-refractivity contribution in [3.63, 3.8) is 0 Å². The highest BCUT2D eigenvalue weighted by Crippen LogP contribution is 2.77. The molecule has 230 valence electrons. The fraction of sp³-hybridized carbons (Fsp3) is 0.730. The zero-order chi connectivity index (χ0) is 30.6. The second-order valence-electron chi connectivity index (χ2n) is 16.6. The highest BCUT2D eigenvalue weighted by Gasteiger charge is 2.72. The molecule has 5 aliphatic carbocycles. The normalized spacial score (nSPS) is 45.7.